The Morgan fingerprint density at radius 1 is 1.28 bits per heavy atom. The van der Waals surface area contributed by atoms with Gasteiger partial charge >= 0.3 is 11.7 Å². The van der Waals surface area contributed by atoms with Gasteiger partial charge in [0.25, 0.3) is 5.91 Å². The molecule has 0 atom stereocenters. The number of hydrogen-bond donors (Lipinski definition) is 1. The number of thiophene rings is 1. The summed E-state index contributed by atoms with van der Waals surface area (Å²) in [5.74, 6) is -1.11. The summed E-state index contributed by atoms with van der Waals surface area (Å²) in [7, 11) is 1.30. The Kier molecular flexibility index (Phi) is 5.71. The van der Waals surface area contributed by atoms with Crippen LogP contribution < -0.4 is 10.1 Å². The van der Waals surface area contributed by atoms with Gasteiger partial charge in [-0.3, -0.25) is 14.9 Å². The van der Waals surface area contributed by atoms with E-state index in [4.69, 9.17) is 9.47 Å². The number of nitro groups is 1. The quantitative estimate of drug-likeness (QED) is 0.479. The molecule has 1 N–H and O–H groups in total. The maximum absolute atomic E-state index is 12.0. The van der Waals surface area contributed by atoms with E-state index in [0.29, 0.717) is 16.1 Å². The Bertz CT molecular complexity index is 830. The lowest BCUT2D eigenvalue weighted by atomic mass is 10.1. The third-order valence-electron chi connectivity index (χ3n) is 3.27. The van der Waals surface area contributed by atoms with Crippen LogP contribution in [-0.4, -0.2) is 30.5 Å². The van der Waals surface area contributed by atoms with Crippen LogP contribution in [0.1, 0.15) is 20.1 Å². The van der Waals surface area contributed by atoms with E-state index in [0.717, 1.165) is 4.88 Å². The fourth-order valence-electron chi connectivity index (χ4n) is 2.05. The number of anilines is 1. The molecule has 132 valence electrons. The molecule has 0 unspecified atom stereocenters. The topological polar surface area (TPSA) is 108 Å². The van der Waals surface area contributed by atoms with Crippen LogP contribution in [0.4, 0.5) is 11.4 Å². The van der Waals surface area contributed by atoms with Crippen molar-refractivity contribution in [3.8, 4) is 5.75 Å². The number of aryl methyl sites for hydroxylation is 2. The first kappa shape index (κ1) is 18.4. The fourth-order valence-corrected chi connectivity index (χ4v) is 2.81. The van der Waals surface area contributed by atoms with Gasteiger partial charge in [-0.15, -0.1) is 11.3 Å². The second-order valence-corrected chi connectivity index (χ2v) is 6.42. The Morgan fingerprint density at radius 2 is 2.00 bits per heavy atom. The van der Waals surface area contributed by atoms with Crippen LogP contribution in [0, 0.1) is 24.0 Å². The van der Waals surface area contributed by atoms with Crippen LogP contribution in [0.3, 0.4) is 0 Å². The molecule has 0 aliphatic carbocycles. The lowest BCUT2D eigenvalue weighted by molar-refractivity contribution is -0.385. The molecular weight excluding hydrogens is 348 g/mol. The molecule has 1 amide bonds. The highest BCUT2D eigenvalue weighted by atomic mass is 32.1. The van der Waals surface area contributed by atoms with Crippen LogP contribution in [0.5, 0.6) is 5.75 Å². The number of carbonyl (C=O) groups excluding carboxylic acids is 2. The summed E-state index contributed by atoms with van der Waals surface area (Å²) in [6, 6.07) is 6.07. The fraction of sp³-hybridized carbons (Fsp3) is 0.250. The molecule has 1 aromatic carbocycles. The molecule has 0 radical (unpaired) electrons. The van der Waals surface area contributed by atoms with Gasteiger partial charge in [0.15, 0.2) is 12.4 Å². The van der Waals surface area contributed by atoms with Gasteiger partial charge in [-0.05, 0) is 31.5 Å². The third kappa shape index (κ3) is 4.54. The van der Waals surface area contributed by atoms with Crippen LogP contribution in [-0.2, 0) is 9.53 Å². The first-order chi connectivity index (χ1) is 11.8. The molecular formula is C16H16N2O6S. The summed E-state index contributed by atoms with van der Waals surface area (Å²) >= 11 is 1.28. The Labute approximate surface area is 147 Å². The highest BCUT2D eigenvalue weighted by Gasteiger charge is 2.19. The highest BCUT2D eigenvalue weighted by molar-refractivity contribution is 7.13. The zero-order valence-electron chi connectivity index (χ0n) is 13.8. The molecule has 1 heterocycles. The predicted octanol–water partition coefficient (Wildman–Crippen LogP) is 3.08. The van der Waals surface area contributed by atoms with E-state index in [1.54, 1.807) is 19.1 Å². The molecule has 0 saturated heterocycles. The number of rotatable bonds is 6. The van der Waals surface area contributed by atoms with E-state index in [2.05, 4.69) is 5.32 Å². The summed E-state index contributed by atoms with van der Waals surface area (Å²) in [5.41, 5.74) is 0.633. The maximum Gasteiger partial charge on any atom is 0.348 e. The van der Waals surface area contributed by atoms with Gasteiger partial charge in [0.05, 0.1) is 12.0 Å². The van der Waals surface area contributed by atoms with Gasteiger partial charge in [-0.1, -0.05) is 0 Å². The Hall–Kier alpha value is -2.94. The number of amides is 1. The zero-order chi connectivity index (χ0) is 18.6. The van der Waals surface area contributed by atoms with Crippen molar-refractivity contribution >= 4 is 34.6 Å². The third-order valence-corrected chi connectivity index (χ3v) is 4.25. The van der Waals surface area contributed by atoms with E-state index in [1.165, 1.54) is 30.6 Å². The molecule has 0 aliphatic heterocycles. The molecule has 0 bridgehead atoms. The number of carbonyl (C=O) groups is 2. The minimum Gasteiger partial charge on any atom is -0.490 e. The number of benzene rings is 1. The van der Waals surface area contributed by atoms with Crippen LogP contribution in [0.25, 0.3) is 0 Å². The lowest BCUT2D eigenvalue weighted by Gasteiger charge is -2.11. The largest absolute Gasteiger partial charge is 0.490 e. The number of esters is 1. The van der Waals surface area contributed by atoms with Crippen LogP contribution >= 0.6 is 11.3 Å². The Balaban J connectivity index is 2.02. The Morgan fingerprint density at radius 3 is 2.56 bits per heavy atom. The van der Waals surface area contributed by atoms with Gasteiger partial charge in [0.2, 0.25) is 0 Å². The molecule has 9 heteroatoms. The van der Waals surface area contributed by atoms with E-state index in [9.17, 15) is 19.7 Å². The number of methoxy groups -OCH3 is 1. The second kappa shape index (κ2) is 7.75. The minimum absolute atomic E-state index is 0.0250. The summed E-state index contributed by atoms with van der Waals surface area (Å²) < 4.78 is 9.92. The number of nitro benzene ring substituents is 1. The van der Waals surface area contributed by atoms with Crippen molar-refractivity contribution in [3.05, 3.63) is 49.7 Å². The van der Waals surface area contributed by atoms with Crippen molar-refractivity contribution < 1.29 is 24.0 Å². The summed E-state index contributed by atoms with van der Waals surface area (Å²) in [5, 5.41) is 13.5. The van der Waals surface area contributed by atoms with Crippen molar-refractivity contribution in [1.29, 1.82) is 0 Å². The van der Waals surface area contributed by atoms with Crippen molar-refractivity contribution in [1.82, 2.24) is 0 Å². The van der Waals surface area contributed by atoms with Crippen molar-refractivity contribution in [2.45, 2.75) is 13.8 Å². The van der Waals surface area contributed by atoms with E-state index >= 15 is 0 Å². The molecule has 0 saturated carbocycles. The van der Waals surface area contributed by atoms with E-state index < -0.39 is 23.4 Å². The lowest BCUT2D eigenvalue weighted by Crippen LogP contribution is -2.21. The number of hydrogen-bond acceptors (Lipinski definition) is 7. The average Bonchev–Trinajstić information content (AvgIpc) is 3.00. The monoisotopic (exact) mass is 364 g/mol. The molecule has 0 aliphatic rings. The van der Waals surface area contributed by atoms with Gasteiger partial charge < -0.3 is 14.8 Å². The molecule has 0 spiro atoms. The molecule has 1 aromatic heterocycles. The maximum atomic E-state index is 12.0. The van der Waals surface area contributed by atoms with E-state index in [1.807, 2.05) is 6.92 Å². The van der Waals surface area contributed by atoms with Gasteiger partial charge in [0.1, 0.15) is 4.88 Å². The predicted molar refractivity (Wildman–Crippen MR) is 92.4 cm³/mol. The standard InChI is InChI=1S/C16H16N2O6S/c1-9-6-12(18(21)22)13(23-3)7-11(9)17-15(19)8-24-16(20)14-5-4-10(2)25-14/h4-7H,8H2,1-3H3,(H,17,19). The van der Waals surface area contributed by atoms with Crippen molar-refractivity contribution in [2.24, 2.45) is 0 Å². The summed E-state index contributed by atoms with van der Waals surface area (Å²) in [6.07, 6.45) is 0. The number of ether oxygens (including phenoxy) is 2. The number of nitrogens with zero attached hydrogens (tertiary/aromatic N) is 1. The van der Waals surface area contributed by atoms with Gasteiger partial charge in [0, 0.05) is 22.7 Å². The molecule has 0 fully saturated rings. The number of nitrogens with one attached hydrogen (secondary N) is 1. The second-order valence-electron chi connectivity index (χ2n) is 5.13. The zero-order valence-corrected chi connectivity index (χ0v) is 14.6. The van der Waals surface area contributed by atoms with Gasteiger partial charge in [-0.2, -0.15) is 0 Å². The molecule has 2 aromatic rings. The van der Waals surface area contributed by atoms with Crippen LogP contribution in [0.2, 0.25) is 0 Å². The average molecular weight is 364 g/mol. The molecule has 8 nitrogen and oxygen atoms in total. The molecule has 2 rings (SSSR count). The SMILES string of the molecule is COc1cc(NC(=O)COC(=O)c2ccc(C)s2)c(C)cc1[N+](=O)[O-]. The van der Waals surface area contributed by atoms with Crippen LogP contribution in [0.15, 0.2) is 24.3 Å². The van der Waals surface area contributed by atoms with Crippen molar-refractivity contribution in [2.75, 3.05) is 19.0 Å². The summed E-state index contributed by atoms with van der Waals surface area (Å²) in [6.45, 7) is 3.01. The van der Waals surface area contributed by atoms with E-state index in [-0.39, 0.29) is 11.4 Å². The van der Waals surface area contributed by atoms with Crippen molar-refractivity contribution in [3.63, 3.8) is 0 Å². The normalized spacial score (nSPS) is 10.2. The smallest absolute Gasteiger partial charge is 0.348 e. The first-order valence-corrected chi connectivity index (χ1v) is 8.00. The highest BCUT2D eigenvalue weighted by Crippen LogP contribution is 2.32. The minimum atomic E-state index is -0.578. The van der Waals surface area contributed by atoms with Gasteiger partial charge in [-0.25, -0.2) is 4.79 Å². The first-order valence-electron chi connectivity index (χ1n) is 7.18. The molecule has 25 heavy (non-hydrogen) atoms. The summed E-state index contributed by atoms with van der Waals surface area (Å²) in [4.78, 5) is 35.6.